The highest BCUT2D eigenvalue weighted by Crippen LogP contribution is 2.55. The van der Waals surface area contributed by atoms with Crippen molar-refractivity contribution in [2.24, 2.45) is 17.8 Å². The average molecular weight is 561 g/mol. The molecule has 0 saturated heterocycles. The standard InChI is InChI=1S/C19H21Br2NO4.C4H11N/c20-13-4-14(17(24)15(21)5-13)18(25)26-9-16(23)22-19-6-10-1-11(7-19)3-12(2-10)8-19;1-3-5-4-2/h4-5,10-12,24H,1-3,6-9H2,(H,22,23);5H,3-4H2,1-2H3/p+1. The highest BCUT2D eigenvalue weighted by atomic mass is 79.9. The highest BCUT2D eigenvalue weighted by molar-refractivity contribution is 9.11. The molecule has 4 aliphatic rings. The van der Waals surface area contributed by atoms with Crippen molar-refractivity contribution >= 4 is 43.7 Å². The molecule has 0 aliphatic heterocycles. The van der Waals surface area contributed by atoms with Crippen molar-refractivity contribution < 1.29 is 24.7 Å². The number of carbonyl (C=O) groups is 2. The monoisotopic (exact) mass is 559 g/mol. The first-order valence-electron chi connectivity index (χ1n) is 11.2. The Morgan fingerprint density at radius 3 is 2.13 bits per heavy atom. The van der Waals surface area contributed by atoms with Gasteiger partial charge in [-0.15, -0.1) is 0 Å². The Morgan fingerprint density at radius 2 is 1.65 bits per heavy atom. The molecule has 6 nitrogen and oxygen atoms in total. The lowest BCUT2D eigenvalue weighted by Crippen LogP contribution is -2.82. The van der Waals surface area contributed by atoms with Crippen LogP contribution in [0.3, 0.4) is 0 Å². The second kappa shape index (κ2) is 10.7. The van der Waals surface area contributed by atoms with E-state index in [4.69, 9.17) is 4.74 Å². The smallest absolute Gasteiger partial charge is 0.342 e. The maximum Gasteiger partial charge on any atom is 0.342 e. The number of nitrogens with two attached hydrogens (primary N) is 1. The Hall–Kier alpha value is -1.12. The van der Waals surface area contributed by atoms with Crippen LogP contribution in [-0.4, -0.2) is 42.2 Å². The molecular weight excluding hydrogens is 528 g/mol. The number of hydrogen-bond acceptors (Lipinski definition) is 4. The van der Waals surface area contributed by atoms with Crippen LogP contribution in [0, 0.1) is 17.8 Å². The Kier molecular flexibility index (Phi) is 8.44. The van der Waals surface area contributed by atoms with Gasteiger partial charge in [0.05, 0.1) is 17.6 Å². The Balaban J connectivity index is 0.000000491. The molecule has 0 heterocycles. The zero-order valence-corrected chi connectivity index (χ0v) is 21.4. The van der Waals surface area contributed by atoms with Crippen LogP contribution in [0.5, 0.6) is 5.75 Å². The summed E-state index contributed by atoms with van der Waals surface area (Å²) in [7, 11) is 0. The minimum Gasteiger partial charge on any atom is -0.506 e. The second-order valence-corrected chi connectivity index (χ2v) is 11.0. The van der Waals surface area contributed by atoms with Crippen molar-refractivity contribution in [2.75, 3.05) is 19.7 Å². The largest absolute Gasteiger partial charge is 0.506 e. The van der Waals surface area contributed by atoms with Crippen LogP contribution in [0.25, 0.3) is 0 Å². The number of carbonyl (C=O) groups excluding carboxylic acids is 2. The first-order chi connectivity index (χ1) is 14.7. The molecule has 0 spiro atoms. The Bertz CT molecular complexity index is 778. The molecule has 0 unspecified atom stereocenters. The second-order valence-electron chi connectivity index (χ2n) is 9.21. The molecule has 1 aromatic carbocycles. The van der Waals surface area contributed by atoms with E-state index in [9.17, 15) is 14.7 Å². The Morgan fingerprint density at radius 1 is 1.10 bits per heavy atom. The summed E-state index contributed by atoms with van der Waals surface area (Å²) in [5.41, 5.74) is -0.0759. The summed E-state index contributed by atoms with van der Waals surface area (Å²) >= 11 is 6.45. The number of benzene rings is 1. The fourth-order valence-corrected chi connectivity index (χ4v) is 7.04. The van der Waals surface area contributed by atoms with Crippen LogP contribution >= 0.6 is 31.9 Å². The molecule has 5 rings (SSSR count). The number of hydrogen-bond donors (Lipinski definition) is 3. The summed E-state index contributed by atoms with van der Waals surface area (Å²) in [6, 6.07) is 3.10. The van der Waals surface area contributed by atoms with Crippen molar-refractivity contribution in [3.63, 3.8) is 0 Å². The van der Waals surface area contributed by atoms with Gasteiger partial charge >= 0.3 is 5.97 Å². The lowest BCUT2D eigenvalue weighted by atomic mass is 9.53. The number of ether oxygens (including phenoxy) is 1. The van der Waals surface area contributed by atoms with Gasteiger partial charge in [0.25, 0.3) is 5.91 Å². The minimum atomic E-state index is -0.717. The third-order valence-electron chi connectivity index (χ3n) is 6.60. The van der Waals surface area contributed by atoms with E-state index in [0.717, 1.165) is 37.0 Å². The Labute approximate surface area is 201 Å². The van der Waals surface area contributed by atoms with E-state index in [1.54, 1.807) is 6.07 Å². The summed E-state index contributed by atoms with van der Waals surface area (Å²) in [5.74, 6) is 1.04. The van der Waals surface area contributed by atoms with Crippen LogP contribution in [0.2, 0.25) is 0 Å². The molecule has 4 bridgehead atoms. The van der Waals surface area contributed by atoms with Crippen LogP contribution in [0.15, 0.2) is 21.1 Å². The van der Waals surface area contributed by atoms with E-state index in [2.05, 4.69) is 56.3 Å². The van der Waals surface area contributed by atoms with Crippen molar-refractivity contribution in [1.29, 1.82) is 0 Å². The summed E-state index contributed by atoms with van der Waals surface area (Å²) in [6.45, 7) is 6.42. The van der Waals surface area contributed by atoms with E-state index < -0.39 is 5.97 Å². The van der Waals surface area contributed by atoms with E-state index in [-0.39, 0.29) is 29.4 Å². The minimum absolute atomic E-state index is 0.0221. The first kappa shape index (κ1) is 24.5. The molecule has 4 fully saturated rings. The summed E-state index contributed by atoms with van der Waals surface area (Å²) < 4.78 is 6.16. The van der Waals surface area contributed by atoms with Gasteiger partial charge in [-0.05, 0) is 98.2 Å². The topological polar surface area (TPSA) is 92.2 Å². The van der Waals surface area contributed by atoms with E-state index in [1.165, 1.54) is 38.4 Å². The van der Waals surface area contributed by atoms with Crippen LogP contribution in [0.4, 0.5) is 0 Å². The first-order valence-corrected chi connectivity index (χ1v) is 12.8. The van der Waals surface area contributed by atoms with Gasteiger partial charge in [-0.2, -0.15) is 0 Å². The number of halogens is 2. The summed E-state index contributed by atoms with van der Waals surface area (Å²) in [6.07, 6.45) is 7.08. The number of phenols is 1. The molecule has 0 atom stereocenters. The number of phenolic OH excluding ortho intramolecular Hbond substituents is 1. The molecule has 4 N–H and O–H groups in total. The molecule has 1 aromatic rings. The zero-order chi connectivity index (χ0) is 22.6. The number of nitrogens with one attached hydrogen (secondary N) is 1. The molecule has 1 amide bonds. The van der Waals surface area contributed by atoms with Gasteiger partial charge in [-0.3, -0.25) is 4.79 Å². The van der Waals surface area contributed by atoms with Crippen molar-refractivity contribution in [2.45, 2.75) is 57.9 Å². The van der Waals surface area contributed by atoms with E-state index in [0.29, 0.717) is 8.95 Å². The van der Waals surface area contributed by atoms with Crippen LogP contribution in [0.1, 0.15) is 62.7 Å². The molecule has 31 heavy (non-hydrogen) atoms. The molecular formula is C23H33Br2N2O4+. The van der Waals surface area contributed by atoms with Gasteiger partial charge in [0.2, 0.25) is 0 Å². The number of aromatic hydroxyl groups is 1. The fraction of sp³-hybridized carbons (Fsp3) is 0.652. The van der Waals surface area contributed by atoms with Crippen molar-refractivity contribution in [3.8, 4) is 5.75 Å². The van der Waals surface area contributed by atoms with Gasteiger partial charge in [-0.1, -0.05) is 15.9 Å². The van der Waals surface area contributed by atoms with Gasteiger partial charge < -0.3 is 20.5 Å². The third-order valence-corrected chi connectivity index (χ3v) is 7.66. The fourth-order valence-electron chi connectivity index (χ4n) is 5.81. The normalized spacial score (nSPS) is 27.9. The number of amides is 1. The lowest BCUT2D eigenvalue weighted by molar-refractivity contribution is -0.648. The molecule has 4 aliphatic carbocycles. The molecule has 0 aromatic heterocycles. The maximum atomic E-state index is 12.4. The van der Waals surface area contributed by atoms with Crippen molar-refractivity contribution in [1.82, 2.24) is 5.32 Å². The number of rotatable bonds is 6. The maximum absolute atomic E-state index is 12.4. The van der Waals surface area contributed by atoms with Crippen LogP contribution in [-0.2, 0) is 9.53 Å². The third kappa shape index (κ3) is 6.23. The van der Waals surface area contributed by atoms with Gasteiger partial charge in [0.15, 0.2) is 6.61 Å². The molecule has 172 valence electrons. The number of esters is 1. The van der Waals surface area contributed by atoms with E-state index in [1.807, 2.05) is 0 Å². The lowest BCUT2D eigenvalue weighted by Gasteiger charge is -2.56. The van der Waals surface area contributed by atoms with Gasteiger partial charge in [-0.25, -0.2) is 4.79 Å². The van der Waals surface area contributed by atoms with E-state index >= 15 is 0 Å². The number of quaternary nitrogens is 1. The summed E-state index contributed by atoms with van der Waals surface area (Å²) in [4.78, 5) is 24.6. The van der Waals surface area contributed by atoms with Gasteiger partial charge in [0.1, 0.15) is 11.3 Å². The van der Waals surface area contributed by atoms with Gasteiger partial charge in [0, 0.05) is 10.0 Å². The predicted molar refractivity (Wildman–Crippen MR) is 126 cm³/mol. The highest BCUT2D eigenvalue weighted by Gasteiger charge is 2.51. The quantitative estimate of drug-likeness (QED) is 0.462. The zero-order valence-electron chi connectivity index (χ0n) is 18.3. The van der Waals surface area contributed by atoms with Crippen LogP contribution < -0.4 is 10.6 Å². The SMILES string of the molecule is CC[NH2+]CC.O=C(COC(=O)c1cc(Br)cc(Br)c1O)NC12CC3CC(CC(C3)C1)C2. The molecule has 0 radical (unpaired) electrons. The summed E-state index contributed by atoms with van der Waals surface area (Å²) in [5, 5.41) is 15.4. The molecule has 8 heteroatoms. The van der Waals surface area contributed by atoms with Crippen molar-refractivity contribution in [3.05, 3.63) is 26.6 Å². The predicted octanol–water partition coefficient (Wildman–Crippen LogP) is 3.75. The average Bonchev–Trinajstić information content (AvgIpc) is 2.68. The molecule has 4 saturated carbocycles.